The SMILES string of the molecule is COc1cccc(NC(=O)c2cc(-c3ccc(C)cc3)nc(=O)[nH]2)c1. The van der Waals surface area contributed by atoms with Crippen molar-refractivity contribution in [2.24, 2.45) is 0 Å². The smallest absolute Gasteiger partial charge is 0.346 e. The lowest BCUT2D eigenvalue weighted by Gasteiger charge is -2.08. The van der Waals surface area contributed by atoms with Crippen LogP contribution < -0.4 is 15.7 Å². The van der Waals surface area contributed by atoms with Crippen LogP contribution in [0.15, 0.2) is 59.4 Å². The van der Waals surface area contributed by atoms with Gasteiger partial charge in [-0.25, -0.2) is 4.79 Å². The van der Waals surface area contributed by atoms with Crippen LogP contribution in [0.4, 0.5) is 5.69 Å². The highest BCUT2D eigenvalue weighted by Gasteiger charge is 2.11. The standard InChI is InChI=1S/C19H17N3O3/c1-12-6-8-13(9-7-12)16-11-17(22-19(24)21-16)18(23)20-14-4-3-5-15(10-14)25-2/h3-11H,1-2H3,(H,20,23)(H,21,22,24). The Morgan fingerprint density at radius 3 is 2.60 bits per heavy atom. The predicted octanol–water partition coefficient (Wildman–Crippen LogP) is 3.01. The Morgan fingerprint density at radius 1 is 1.12 bits per heavy atom. The van der Waals surface area contributed by atoms with Gasteiger partial charge in [-0.3, -0.25) is 4.79 Å². The molecule has 0 saturated carbocycles. The largest absolute Gasteiger partial charge is 0.497 e. The van der Waals surface area contributed by atoms with Crippen molar-refractivity contribution in [1.82, 2.24) is 9.97 Å². The maximum absolute atomic E-state index is 12.5. The molecule has 2 aromatic carbocycles. The van der Waals surface area contributed by atoms with Gasteiger partial charge in [0.25, 0.3) is 5.91 Å². The van der Waals surface area contributed by atoms with E-state index in [1.807, 2.05) is 31.2 Å². The van der Waals surface area contributed by atoms with Crippen LogP contribution in [0.2, 0.25) is 0 Å². The maximum Gasteiger partial charge on any atom is 0.346 e. The molecule has 1 amide bonds. The molecule has 0 bridgehead atoms. The molecule has 0 radical (unpaired) electrons. The van der Waals surface area contributed by atoms with Crippen molar-refractivity contribution in [2.45, 2.75) is 6.92 Å². The summed E-state index contributed by atoms with van der Waals surface area (Å²) >= 11 is 0. The van der Waals surface area contributed by atoms with Crippen LogP contribution in [0.5, 0.6) is 5.75 Å². The zero-order valence-electron chi connectivity index (χ0n) is 13.9. The molecule has 0 aliphatic rings. The fourth-order valence-electron chi connectivity index (χ4n) is 2.35. The average molecular weight is 335 g/mol. The van der Waals surface area contributed by atoms with Crippen LogP contribution in [-0.2, 0) is 0 Å². The van der Waals surface area contributed by atoms with Gasteiger partial charge < -0.3 is 15.0 Å². The van der Waals surface area contributed by atoms with Crippen LogP contribution in [0, 0.1) is 6.92 Å². The first kappa shape index (κ1) is 16.4. The maximum atomic E-state index is 12.5. The summed E-state index contributed by atoms with van der Waals surface area (Å²) in [6.07, 6.45) is 0. The zero-order chi connectivity index (χ0) is 17.8. The summed E-state index contributed by atoms with van der Waals surface area (Å²) in [7, 11) is 1.55. The highest BCUT2D eigenvalue weighted by atomic mass is 16.5. The fraction of sp³-hybridized carbons (Fsp3) is 0.105. The summed E-state index contributed by atoms with van der Waals surface area (Å²) in [6, 6.07) is 16.1. The van der Waals surface area contributed by atoms with E-state index in [0.29, 0.717) is 17.1 Å². The second-order valence-electron chi connectivity index (χ2n) is 5.54. The first-order chi connectivity index (χ1) is 12.0. The van der Waals surface area contributed by atoms with Crippen molar-refractivity contribution in [3.05, 3.63) is 76.3 Å². The van der Waals surface area contributed by atoms with E-state index in [0.717, 1.165) is 11.1 Å². The number of nitrogens with zero attached hydrogens (tertiary/aromatic N) is 1. The number of nitrogens with one attached hydrogen (secondary N) is 2. The molecule has 1 heterocycles. The van der Waals surface area contributed by atoms with Gasteiger partial charge in [0.1, 0.15) is 11.4 Å². The van der Waals surface area contributed by atoms with Crippen LogP contribution in [0.1, 0.15) is 16.1 Å². The predicted molar refractivity (Wildman–Crippen MR) is 96.0 cm³/mol. The van der Waals surface area contributed by atoms with E-state index in [1.165, 1.54) is 0 Å². The number of aromatic amines is 1. The van der Waals surface area contributed by atoms with E-state index in [1.54, 1.807) is 37.4 Å². The van der Waals surface area contributed by atoms with E-state index < -0.39 is 11.6 Å². The van der Waals surface area contributed by atoms with Gasteiger partial charge in [0.2, 0.25) is 0 Å². The Hall–Kier alpha value is -3.41. The Morgan fingerprint density at radius 2 is 1.88 bits per heavy atom. The summed E-state index contributed by atoms with van der Waals surface area (Å²) < 4.78 is 5.13. The molecule has 1 aromatic heterocycles. The minimum absolute atomic E-state index is 0.137. The molecule has 6 nitrogen and oxygen atoms in total. The van der Waals surface area contributed by atoms with Gasteiger partial charge >= 0.3 is 5.69 Å². The third kappa shape index (κ3) is 3.92. The number of anilines is 1. The Balaban J connectivity index is 1.90. The van der Waals surface area contributed by atoms with Crippen molar-refractivity contribution in [3.8, 4) is 17.0 Å². The number of hydrogen-bond acceptors (Lipinski definition) is 4. The van der Waals surface area contributed by atoms with Crippen LogP contribution in [0.3, 0.4) is 0 Å². The lowest BCUT2D eigenvalue weighted by atomic mass is 10.1. The molecule has 3 rings (SSSR count). The summed E-state index contributed by atoms with van der Waals surface area (Å²) in [5.74, 6) is 0.197. The molecule has 0 unspecified atom stereocenters. The van der Waals surface area contributed by atoms with Gasteiger partial charge in [0.05, 0.1) is 12.8 Å². The Bertz CT molecular complexity index is 962. The minimum Gasteiger partial charge on any atom is -0.497 e. The molecule has 6 heteroatoms. The zero-order valence-corrected chi connectivity index (χ0v) is 13.9. The molecule has 0 fully saturated rings. The topological polar surface area (TPSA) is 84.1 Å². The van der Waals surface area contributed by atoms with E-state index in [4.69, 9.17) is 4.74 Å². The molecule has 2 N–H and O–H groups in total. The second-order valence-corrected chi connectivity index (χ2v) is 5.54. The van der Waals surface area contributed by atoms with Gasteiger partial charge in [-0.15, -0.1) is 0 Å². The number of H-pyrrole nitrogens is 1. The Labute approximate surface area is 144 Å². The number of amides is 1. The number of rotatable bonds is 4. The molecule has 3 aromatic rings. The second kappa shape index (κ2) is 7.00. The molecule has 0 saturated heterocycles. The normalized spacial score (nSPS) is 10.3. The number of hydrogen-bond donors (Lipinski definition) is 2. The van der Waals surface area contributed by atoms with E-state index in [9.17, 15) is 9.59 Å². The lowest BCUT2D eigenvalue weighted by Crippen LogP contribution is -2.21. The molecule has 0 aliphatic carbocycles. The van der Waals surface area contributed by atoms with Crippen LogP contribution in [-0.4, -0.2) is 23.0 Å². The van der Waals surface area contributed by atoms with Crippen LogP contribution >= 0.6 is 0 Å². The highest BCUT2D eigenvalue weighted by Crippen LogP contribution is 2.19. The molecule has 126 valence electrons. The number of methoxy groups -OCH3 is 1. The third-order valence-corrected chi connectivity index (χ3v) is 3.66. The fourth-order valence-corrected chi connectivity index (χ4v) is 2.35. The molecule has 0 spiro atoms. The molecule has 0 aliphatic heterocycles. The summed E-state index contributed by atoms with van der Waals surface area (Å²) in [4.78, 5) is 30.7. The third-order valence-electron chi connectivity index (χ3n) is 3.66. The number of carbonyl (C=O) groups excluding carboxylic acids is 1. The quantitative estimate of drug-likeness (QED) is 0.767. The van der Waals surface area contributed by atoms with Crippen molar-refractivity contribution in [2.75, 3.05) is 12.4 Å². The van der Waals surface area contributed by atoms with Gasteiger partial charge in [-0.2, -0.15) is 4.98 Å². The number of benzene rings is 2. The summed E-state index contributed by atoms with van der Waals surface area (Å²) in [6.45, 7) is 1.97. The molecule has 0 atom stereocenters. The minimum atomic E-state index is -0.575. The first-order valence-corrected chi connectivity index (χ1v) is 7.69. The van der Waals surface area contributed by atoms with Gasteiger partial charge in [0, 0.05) is 17.3 Å². The number of aryl methyl sites for hydroxylation is 1. The van der Waals surface area contributed by atoms with Crippen molar-refractivity contribution in [3.63, 3.8) is 0 Å². The van der Waals surface area contributed by atoms with Gasteiger partial charge in [-0.1, -0.05) is 35.9 Å². The Kier molecular flexibility index (Phi) is 4.61. The van der Waals surface area contributed by atoms with E-state index in [2.05, 4.69) is 15.3 Å². The van der Waals surface area contributed by atoms with Crippen molar-refractivity contribution in [1.29, 1.82) is 0 Å². The van der Waals surface area contributed by atoms with Crippen molar-refractivity contribution < 1.29 is 9.53 Å². The van der Waals surface area contributed by atoms with Gasteiger partial charge in [0.15, 0.2) is 0 Å². The molecule has 25 heavy (non-hydrogen) atoms. The van der Waals surface area contributed by atoms with Crippen LogP contribution in [0.25, 0.3) is 11.3 Å². The number of carbonyl (C=O) groups is 1. The highest BCUT2D eigenvalue weighted by molar-refractivity contribution is 6.03. The monoisotopic (exact) mass is 335 g/mol. The molecular weight excluding hydrogens is 318 g/mol. The lowest BCUT2D eigenvalue weighted by molar-refractivity contribution is 0.102. The average Bonchev–Trinajstić information content (AvgIpc) is 2.62. The summed E-state index contributed by atoms with van der Waals surface area (Å²) in [5.41, 5.74) is 2.45. The summed E-state index contributed by atoms with van der Waals surface area (Å²) in [5, 5.41) is 2.73. The van der Waals surface area contributed by atoms with E-state index in [-0.39, 0.29) is 5.69 Å². The van der Waals surface area contributed by atoms with Crippen molar-refractivity contribution >= 4 is 11.6 Å². The number of aromatic nitrogens is 2. The number of ether oxygens (including phenoxy) is 1. The molecular formula is C19H17N3O3. The van der Waals surface area contributed by atoms with E-state index >= 15 is 0 Å². The first-order valence-electron chi connectivity index (χ1n) is 7.69. The van der Waals surface area contributed by atoms with Gasteiger partial charge in [-0.05, 0) is 25.1 Å².